The van der Waals surface area contributed by atoms with Gasteiger partial charge in [0.15, 0.2) is 23.1 Å². The van der Waals surface area contributed by atoms with Crippen LogP contribution in [0, 0.1) is 46.9 Å². The Morgan fingerprint density at radius 2 is 1.31 bits per heavy atom. The van der Waals surface area contributed by atoms with Crippen molar-refractivity contribution in [1.82, 2.24) is 0 Å². The molecule has 2 aliphatic rings. The van der Waals surface area contributed by atoms with Crippen LogP contribution in [-0.4, -0.2) is 13.2 Å². The molecule has 4 atom stereocenters. The topological polar surface area (TPSA) is 18.5 Å². The van der Waals surface area contributed by atoms with E-state index in [1.807, 2.05) is 0 Å². The third-order valence-electron chi connectivity index (χ3n) is 7.97. The van der Waals surface area contributed by atoms with Gasteiger partial charge >= 0.3 is 0 Å². The molecule has 2 aliphatic carbocycles. The van der Waals surface area contributed by atoms with Crippen molar-refractivity contribution >= 4 is 0 Å². The van der Waals surface area contributed by atoms with Crippen molar-refractivity contribution < 1.29 is 27.0 Å². The molecule has 0 heterocycles. The van der Waals surface area contributed by atoms with E-state index in [-0.39, 0.29) is 29.2 Å². The maximum atomic E-state index is 14.9. The summed E-state index contributed by atoms with van der Waals surface area (Å²) in [6.07, 6.45) is 13.9. The normalized spacial score (nSPS) is 24.1. The van der Waals surface area contributed by atoms with Gasteiger partial charge in [0.05, 0.1) is 13.2 Å². The summed E-state index contributed by atoms with van der Waals surface area (Å²) >= 11 is 0. The molecule has 0 radical (unpaired) electrons. The van der Waals surface area contributed by atoms with Gasteiger partial charge in [-0.15, -0.1) is 0 Å². The molecule has 2 aromatic rings. The van der Waals surface area contributed by atoms with E-state index in [1.165, 1.54) is 49.9 Å². The fourth-order valence-electron chi connectivity index (χ4n) is 6.06. The molecule has 0 aromatic heterocycles. The summed E-state index contributed by atoms with van der Waals surface area (Å²) < 4.78 is 69.2. The van der Waals surface area contributed by atoms with Gasteiger partial charge in [0.25, 0.3) is 0 Å². The third-order valence-corrected chi connectivity index (χ3v) is 7.97. The quantitative estimate of drug-likeness (QED) is 0.251. The second-order valence-corrected chi connectivity index (χ2v) is 10.2. The van der Waals surface area contributed by atoms with Crippen molar-refractivity contribution in [2.75, 3.05) is 13.2 Å². The maximum Gasteiger partial charge on any atom is 0.201 e. The Kier molecular flexibility index (Phi) is 8.97. The first-order chi connectivity index (χ1) is 17.4. The molecule has 6 heteroatoms. The van der Waals surface area contributed by atoms with E-state index in [2.05, 4.69) is 19.1 Å². The molecule has 0 saturated heterocycles. The minimum atomic E-state index is -1.28. The highest BCUT2D eigenvalue weighted by molar-refractivity contribution is 5.67. The van der Waals surface area contributed by atoms with Crippen molar-refractivity contribution in [1.29, 1.82) is 0 Å². The second-order valence-electron chi connectivity index (χ2n) is 10.2. The van der Waals surface area contributed by atoms with E-state index in [0.717, 1.165) is 37.5 Å². The summed E-state index contributed by atoms with van der Waals surface area (Å²) in [7, 11) is 0. The number of hydrogen-bond acceptors (Lipinski definition) is 2. The number of allylic oxidation sites excluding steroid dienone is 2. The molecule has 0 N–H and O–H groups in total. The van der Waals surface area contributed by atoms with Crippen molar-refractivity contribution in [2.24, 2.45) is 23.7 Å². The van der Waals surface area contributed by atoms with Gasteiger partial charge in [-0.05, 0) is 107 Å². The van der Waals surface area contributed by atoms with Crippen LogP contribution >= 0.6 is 0 Å². The average Bonchev–Trinajstić information content (AvgIpc) is 2.88. The number of benzene rings is 2. The zero-order valence-electron chi connectivity index (χ0n) is 21.2. The van der Waals surface area contributed by atoms with Gasteiger partial charge in [-0.2, -0.15) is 8.78 Å². The molecule has 2 saturated carbocycles. The van der Waals surface area contributed by atoms with Gasteiger partial charge in [-0.3, -0.25) is 0 Å². The van der Waals surface area contributed by atoms with Crippen LogP contribution in [0.25, 0.3) is 11.1 Å². The Bertz CT molecular complexity index is 1070. The molecule has 36 heavy (non-hydrogen) atoms. The zero-order chi connectivity index (χ0) is 25.7. The Labute approximate surface area is 211 Å². The van der Waals surface area contributed by atoms with Crippen molar-refractivity contribution in [3.63, 3.8) is 0 Å². The Morgan fingerprint density at radius 3 is 1.89 bits per heavy atom. The molecule has 0 bridgehead atoms. The lowest BCUT2D eigenvalue weighted by atomic mass is 9.64. The number of halogens is 4. The summed E-state index contributed by atoms with van der Waals surface area (Å²) in [5.41, 5.74) is -0.718. The van der Waals surface area contributed by atoms with Crippen LogP contribution in [0.5, 0.6) is 11.5 Å². The first kappa shape index (κ1) is 26.6. The van der Waals surface area contributed by atoms with Gasteiger partial charge in [-0.25, -0.2) is 8.78 Å². The first-order valence-electron chi connectivity index (χ1n) is 13.3. The van der Waals surface area contributed by atoms with Crippen LogP contribution < -0.4 is 9.47 Å². The Balaban J connectivity index is 1.36. The Hall–Kier alpha value is -2.50. The minimum absolute atomic E-state index is 0.157. The molecular formula is C30H36F4O2. The molecule has 0 aliphatic heterocycles. The van der Waals surface area contributed by atoms with E-state index >= 15 is 0 Å². The molecule has 2 nitrogen and oxygen atoms in total. The highest BCUT2D eigenvalue weighted by atomic mass is 19.2. The third kappa shape index (κ3) is 5.90. The SMILES string of the molecule is C/C=C/CCC1CCC2CC(COc3ccc(-c4ccc(OCC)c(F)c4F)c(F)c3F)CCC2C1. The van der Waals surface area contributed by atoms with Gasteiger partial charge < -0.3 is 9.47 Å². The van der Waals surface area contributed by atoms with Gasteiger partial charge in [0.1, 0.15) is 0 Å². The largest absolute Gasteiger partial charge is 0.491 e. The summed E-state index contributed by atoms with van der Waals surface area (Å²) in [5.74, 6) is -2.82. The predicted molar refractivity (Wildman–Crippen MR) is 134 cm³/mol. The lowest BCUT2D eigenvalue weighted by Crippen LogP contribution is -2.33. The fraction of sp³-hybridized carbons (Fsp3) is 0.533. The standard InChI is InChI=1S/C30H36F4O2/c1-3-5-6-7-19-8-10-22-17-20(9-11-21(22)16-19)18-36-26-15-13-24(28(32)30(26)34)23-12-14-25(35-4-2)29(33)27(23)31/h3,5,12-15,19-22H,4,6-11,16-18H2,1-2H3/b5-3+. The summed E-state index contributed by atoms with van der Waals surface area (Å²) in [6, 6.07) is 4.93. The summed E-state index contributed by atoms with van der Waals surface area (Å²) in [4.78, 5) is 0. The van der Waals surface area contributed by atoms with E-state index < -0.39 is 23.3 Å². The summed E-state index contributed by atoms with van der Waals surface area (Å²) in [5, 5.41) is 0. The van der Waals surface area contributed by atoms with Crippen LogP contribution in [0.2, 0.25) is 0 Å². The smallest absolute Gasteiger partial charge is 0.201 e. The maximum absolute atomic E-state index is 14.9. The predicted octanol–water partition coefficient (Wildman–Crippen LogP) is 8.88. The van der Waals surface area contributed by atoms with Gasteiger partial charge in [0.2, 0.25) is 11.6 Å². The second kappa shape index (κ2) is 12.2. The highest BCUT2D eigenvalue weighted by Gasteiger charge is 2.35. The van der Waals surface area contributed by atoms with Gasteiger partial charge in [-0.1, -0.05) is 18.6 Å². The fourth-order valence-corrected chi connectivity index (χ4v) is 6.06. The lowest BCUT2D eigenvalue weighted by molar-refractivity contribution is 0.0743. The van der Waals surface area contributed by atoms with Crippen LogP contribution in [0.3, 0.4) is 0 Å². The molecule has 2 aromatic carbocycles. The molecular weight excluding hydrogens is 468 g/mol. The van der Waals surface area contributed by atoms with Crippen LogP contribution in [0.4, 0.5) is 17.6 Å². The van der Waals surface area contributed by atoms with Crippen molar-refractivity contribution in [3.8, 4) is 22.6 Å². The molecule has 196 valence electrons. The Morgan fingerprint density at radius 1 is 0.750 bits per heavy atom. The zero-order valence-corrected chi connectivity index (χ0v) is 21.2. The van der Waals surface area contributed by atoms with E-state index in [4.69, 9.17) is 9.47 Å². The van der Waals surface area contributed by atoms with Crippen molar-refractivity contribution in [2.45, 2.75) is 65.2 Å². The summed E-state index contributed by atoms with van der Waals surface area (Å²) in [6.45, 7) is 4.20. The van der Waals surface area contributed by atoms with E-state index in [9.17, 15) is 17.6 Å². The van der Waals surface area contributed by atoms with Gasteiger partial charge in [0, 0.05) is 11.1 Å². The van der Waals surface area contributed by atoms with Crippen LogP contribution in [0.15, 0.2) is 36.4 Å². The highest BCUT2D eigenvalue weighted by Crippen LogP contribution is 2.46. The number of rotatable bonds is 9. The average molecular weight is 505 g/mol. The number of ether oxygens (including phenoxy) is 2. The van der Waals surface area contributed by atoms with Crippen molar-refractivity contribution in [3.05, 3.63) is 59.7 Å². The molecule has 4 rings (SSSR count). The lowest BCUT2D eigenvalue weighted by Gasteiger charge is -2.42. The molecule has 4 unspecified atom stereocenters. The van der Waals surface area contributed by atoms with Crippen LogP contribution in [0.1, 0.15) is 65.2 Å². The monoisotopic (exact) mass is 504 g/mol. The molecule has 2 fully saturated rings. The van der Waals surface area contributed by atoms with E-state index in [1.54, 1.807) is 6.92 Å². The number of fused-ring (bicyclic) bond motifs is 1. The molecule has 0 amide bonds. The minimum Gasteiger partial charge on any atom is -0.491 e. The number of hydrogen-bond donors (Lipinski definition) is 0. The molecule has 0 spiro atoms. The first-order valence-corrected chi connectivity index (χ1v) is 13.3. The van der Waals surface area contributed by atoms with E-state index in [0.29, 0.717) is 18.4 Å². The van der Waals surface area contributed by atoms with Crippen LogP contribution in [-0.2, 0) is 0 Å².